The largest absolute Gasteiger partial charge is 0.490 e. The summed E-state index contributed by atoms with van der Waals surface area (Å²) in [5.41, 5.74) is 4.35. The Morgan fingerprint density at radius 2 is 1.91 bits per heavy atom. The van der Waals surface area contributed by atoms with Crippen molar-refractivity contribution in [3.63, 3.8) is 0 Å². The maximum absolute atomic E-state index is 12.1. The first-order chi connectivity index (χ1) is 15.5. The SMILES string of the molecule is CCOc1cc(C=NNC(=O)c2cccnc2Cl)ccc1OCc1ccc(C(=O)O)cc1. The van der Waals surface area contributed by atoms with Gasteiger partial charge in [-0.1, -0.05) is 23.7 Å². The molecule has 1 heterocycles. The number of carboxylic acid groups (broad SMARTS) is 1. The van der Waals surface area contributed by atoms with Crippen LogP contribution in [0.15, 0.2) is 65.9 Å². The zero-order valence-electron chi connectivity index (χ0n) is 17.1. The van der Waals surface area contributed by atoms with Crippen molar-refractivity contribution in [2.75, 3.05) is 6.61 Å². The summed E-state index contributed by atoms with van der Waals surface area (Å²) in [7, 11) is 0. The van der Waals surface area contributed by atoms with E-state index in [4.69, 9.17) is 26.2 Å². The summed E-state index contributed by atoms with van der Waals surface area (Å²) < 4.78 is 11.5. The van der Waals surface area contributed by atoms with Gasteiger partial charge in [0.15, 0.2) is 11.5 Å². The lowest BCUT2D eigenvalue weighted by Gasteiger charge is -2.13. The van der Waals surface area contributed by atoms with E-state index in [0.717, 1.165) is 5.56 Å². The Hall–Kier alpha value is -3.91. The third kappa shape index (κ3) is 6.05. The maximum atomic E-state index is 12.1. The number of benzene rings is 2. The molecule has 9 heteroatoms. The van der Waals surface area contributed by atoms with E-state index >= 15 is 0 Å². The van der Waals surface area contributed by atoms with Crippen LogP contribution in [0.25, 0.3) is 0 Å². The number of hydrogen-bond donors (Lipinski definition) is 2. The third-order valence-electron chi connectivity index (χ3n) is 4.25. The van der Waals surface area contributed by atoms with Crippen molar-refractivity contribution in [2.24, 2.45) is 5.10 Å². The molecule has 3 aromatic rings. The molecule has 0 radical (unpaired) electrons. The number of hydrogen-bond acceptors (Lipinski definition) is 6. The van der Waals surface area contributed by atoms with Crippen LogP contribution in [0.1, 0.15) is 38.8 Å². The summed E-state index contributed by atoms with van der Waals surface area (Å²) >= 11 is 5.90. The van der Waals surface area contributed by atoms with Gasteiger partial charge in [-0.05, 0) is 60.5 Å². The van der Waals surface area contributed by atoms with Crippen LogP contribution in [0.4, 0.5) is 0 Å². The second-order valence-corrected chi connectivity index (χ2v) is 6.83. The number of carbonyl (C=O) groups excluding carboxylic acids is 1. The molecule has 0 atom stereocenters. The fourth-order valence-corrected chi connectivity index (χ4v) is 2.88. The molecular formula is C23H20ClN3O5. The van der Waals surface area contributed by atoms with E-state index in [1.807, 2.05) is 6.92 Å². The van der Waals surface area contributed by atoms with Crippen molar-refractivity contribution in [2.45, 2.75) is 13.5 Å². The van der Waals surface area contributed by atoms with Gasteiger partial charge in [-0.15, -0.1) is 0 Å². The van der Waals surface area contributed by atoms with Gasteiger partial charge in [0, 0.05) is 6.20 Å². The monoisotopic (exact) mass is 453 g/mol. The van der Waals surface area contributed by atoms with E-state index in [1.54, 1.807) is 42.5 Å². The average molecular weight is 454 g/mol. The lowest BCUT2D eigenvalue weighted by atomic mass is 10.1. The van der Waals surface area contributed by atoms with Crippen LogP contribution in [0.5, 0.6) is 11.5 Å². The Morgan fingerprint density at radius 3 is 2.59 bits per heavy atom. The number of halogens is 1. The van der Waals surface area contributed by atoms with Gasteiger partial charge in [-0.25, -0.2) is 15.2 Å². The van der Waals surface area contributed by atoms with Gasteiger partial charge in [0.1, 0.15) is 11.8 Å². The molecule has 0 aliphatic rings. The Balaban J connectivity index is 1.65. The molecule has 0 aliphatic heterocycles. The molecule has 32 heavy (non-hydrogen) atoms. The summed E-state index contributed by atoms with van der Waals surface area (Å²) in [6, 6.07) is 14.8. The Bertz CT molecular complexity index is 1130. The summed E-state index contributed by atoms with van der Waals surface area (Å²) in [5.74, 6) is -0.413. The number of carboxylic acids is 1. The number of nitrogens with one attached hydrogen (secondary N) is 1. The zero-order valence-corrected chi connectivity index (χ0v) is 17.9. The van der Waals surface area contributed by atoms with Crippen molar-refractivity contribution in [1.82, 2.24) is 10.4 Å². The minimum absolute atomic E-state index is 0.0953. The molecule has 0 unspecified atom stereocenters. The van der Waals surface area contributed by atoms with E-state index in [1.165, 1.54) is 24.5 Å². The lowest BCUT2D eigenvalue weighted by molar-refractivity contribution is 0.0696. The number of nitrogens with zero attached hydrogens (tertiary/aromatic N) is 2. The topological polar surface area (TPSA) is 110 Å². The van der Waals surface area contributed by atoms with Crippen LogP contribution in [-0.2, 0) is 6.61 Å². The molecule has 2 aromatic carbocycles. The minimum Gasteiger partial charge on any atom is -0.490 e. The molecule has 0 fully saturated rings. The van der Waals surface area contributed by atoms with Gasteiger partial charge in [-0.3, -0.25) is 4.79 Å². The van der Waals surface area contributed by atoms with Gasteiger partial charge in [0.2, 0.25) is 0 Å². The van der Waals surface area contributed by atoms with E-state index in [9.17, 15) is 9.59 Å². The van der Waals surface area contributed by atoms with Crippen LogP contribution in [0.2, 0.25) is 5.15 Å². The van der Waals surface area contributed by atoms with Crippen molar-refractivity contribution in [3.8, 4) is 11.5 Å². The highest BCUT2D eigenvalue weighted by molar-refractivity contribution is 6.32. The summed E-state index contributed by atoms with van der Waals surface area (Å²) in [6.45, 7) is 2.53. The zero-order chi connectivity index (χ0) is 22.9. The predicted molar refractivity (Wildman–Crippen MR) is 120 cm³/mol. The number of aromatic carboxylic acids is 1. The second kappa shape index (κ2) is 10.9. The highest BCUT2D eigenvalue weighted by Crippen LogP contribution is 2.29. The first kappa shape index (κ1) is 22.8. The first-order valence-electron chi connectivity index (χ1n) is 9.63. The van der Waals surface area contributed by atoms with E-state index in [2.05, 4.69) is 15.5 Å². The van der Waals surface area contributed by atoms with Crippen molar-refractivity contribution < 1.29 is 24.2 Å². The van der Waals surface area contributed by atoms with E-state index in [0.29, 0.717) is 23.7 Å². The van der Waals surface area contributed by atoms with Crippen LogP contribution < -0.4 is 14.9 Å². The molecule has 2 N–H and O–H groups in total. The maximum Gasteiger partial charge on any atom is 0.335 e. The van der Waals surface area contributed by atoms with Crippen molar-refractivity contribution in [1.29, 1.82) is 0 Å². The predicted octanol–water partition coefficient (Wildman–Crippen LogP) is 4.17. The molecule has 164 valence electrons. The van der Waals surface area contributed by atoms with Crippen LogP contribution in [0.3, 0.4) is 0 Å². The van der Waals surface area contributed by atoms with Gasteiger partial charge in [0.25, 0.3) is 5.91 Å². The molecule has 0 saturated carbocycles. The van der Waals surface area contributed by atoms with Gasteiger partial charge < -0.3 is 14.6 Å². The van der Waals surface area contributed by atoms with E-state index in [-0.39, 0.29) is 22.9 Å². The first-order valence-corrected chi connectivity index (χ1v) is 10.0. The van der Waals surface area contributed by atoms with Gasteiger partial charge in [0.05, 0.1) is 23.9 Å². The molecule has 0 bridgehead atoms. The van der Waals surface area contributed by atoms with Crippen molar-refractivity contribution in [3.05, 3.63) is 88.2 Å². The summed E-state index contributed by atoms with van der Waals surface area (Å²) in [4.78, 5) is 26.9. The smallest absolute Gasteiger partial charge is 0.335 e. The number of hydrazone groups is 1. The van der Waals surface area contributed by atoms with Gasteiger partial charge in [-0.2, -0.15) is 5.10 Å². The van der Waals surface area contributed by atoms with Crippen molar-refractivity contribution >= 4 is 29.7 Å². The Morgan fingerprint density at radius 1 is 1.12 bits per heavy atom. The fraction of sp³-hybridized carbons (Fsp3) is 0.130. The number of amides is 1. The lowest BCUT2D eigenvalue weighted by Crippen LogP contribution is -2.18. The number of pyridine rings is 1. The molecule has 0 spiro atoms. The summed E-state index contributed by atoms with van der Waals surface area (Å²) in [6.07, 6.45) is 2.96. The van der Waals surface area contributed by atoms with Gasteiger partial charge >= 0.3 is 5.97 Å². The third-order valence-corrected chi connectivity index (χ3v) is 4.55. The second-order valence-electron chi connectivity index (χ2n) is 6.47. The molecule has 0 saturated heterocycles. The van der Waals surface area contributed by atoms with E-state index < -0.39 is 11.9 Å². The molecular weight excluding hydrogens is 434 g/mol. The number of carbonyl (C=O) groups is 2. The highest BCUT2D eigenvalue weighted by atomic mass is 35.5. The Labute approximate surface area is 189 Å². The fourth-order valence-electron chi connectivity index (χ4n) is 2.68. The molecule has 3 rings (SSSR count). The van der Waals surface area contributed by atoms with Crippen LogP contribution in [0, 0.1) is 0 Å². The quantitative estimate of drug-likeness (QED) is 0.286. The Kier molecular flexibility index (Phi) is 7.77. The minimum atomic E-state index is -0.979. The van der Waals surface area contributed by atoms with Crippen LogP contribution in [-0.4, -0.2) is 34.8 Å². The number of ether oxygens (including phenoxy) is 2. The van der Waals surface area contributed by atoms with Crippen LogP contribution >= 0.6 is 11.6 Å². The molecule has 1 aromatic heterocycles. The average Bonchev–Trinajstić information content (AvgIpc) is 2.79. The number of aromatic nitrogens is 1. The summed E-state index contributed by atoms with van der Waals surface area (Å²) in [5, 5.41) is 13.0. The molecule has 0 aliphatic carbocycles. The number of rotatable bonds is 9. The standard InChI is InChI=1S/C23H20ClN3O5/c1-2-31-20-12-16(13-26-27-22(28)18-4-3-11-25-21(18)24)7-10-19(20)32-14-15-5-8-17(9-6-15)23(29)30/h3-13H,2,14H2,1H3,(H,27,28)(H,29,30). The molecule has 8 nitrogen and oxygen atoms in total. The molecule has 1 amide bonds. The highest BCUT2D eigenvalue weighted by Gasteiger charge is 2.10. The normalized spacial score (nSPS) is 10.7.